The second-order valence-corrected chi connectivity index (χ2v) is 7.63. The molecule has 0 aliphatic carbocycles. The highest BCUT2D eigenvalue weighted by molar-refractivity contribution is 9.10. The summed E-state index contributed by atoms with van der Waals surface area (Å²) in [6.45, 7) is 6.03. The molecular weight excluding hydrogens is 366 g/mol. The Morgan fingerprint density at radius 1 is 1.32 bits per heavy atom. The van der Waals surface area contributed by atoms with Gasteiger partial charge in [0.15, 0.2) is 5.82 Å². The lowest BCUT2D eigenvalue weighted by Crippen LogP contribution is -2.24. The molecule has 22 heavy (non-hydrogen) atoms. The highest BCUT2D eigenvalue weighted by Gasteiger charge is 2.23. The Kier molecular flexibility index (Phi) is 5.12. The second-order valence-electron chi connectivity index (χ2n) is 5.77. The third-order valence-electron chi connectivity index (χ3n) is 2.80. The van der Waals surface area contributed by atoms with Crippen LogP contribution in [0.2, 0.25) is 0 Å². The lowest BCUT2D eigenvalue weighted by molar-refractivity contribution is -0.113. The van der Waals surface area contributed by atoms with E-state index in [1.54, 1.807) is 0 Å². The van der Waals surface area contributed by atoms with Crippen molar-refractivity contribution in [3.8, 4) is 0 Å². The highest BCUT2D eigenvalue weighted by Crippen LogP contribution is 2.23. The van der Waals surface area contributed by atoms with Gasteiger partial charge in [-0.25, -0.2) is 4.68 Å². The van der Waals surface area contributed by atoms with Crippen LogP contribution >= 0.6 is 27.7 Å². The van der Waals surface area contributed by atoms with Crippen molar-refractivity contribution in [2.75, 3.05) is 16.9 Å². The predicted molar refractivity (Wildman–Crippen MR) is 92.4 cm³/mol. The zero-order valence-electron chi connectivity index (χ0n) is 12.6. The van der Waals surface area contributed by atoms with Crippen molar-refractivity contribution in [2.24, 2.45) is 0 Å². The van der Waals surface area contributed by atoms with Gasteiger partial charge in [0.05, 0.1) is 5.75 Å². The summed E-state index contributed by atoms with van der Waals surface area (Å²) >= 11 is 4.61. The number of thioether (sulfide) groups is 1. The summed E-state index contributed by atoms with van der Waals surface area (Å²) in [4.78, 5) is 11.9. The van der Waals surface area contributed by atoms with Gasteiger partial charge in [0.2, 0.25) is 11.1 Å². The lowest BCUT2D eigenvalue weighted by Gasteiger charge is -2.16. The van der Waals surface area contributed by atoms with E-state index in [0.29, 0.717) is 11.0 Å². The molecule has 0 aliphatic rings. The molecule has 0 radical (unpaired) electrons. The van der Waals surface area contributed by atoms with E-state index in [1.165, 1.54) is 16.4 Å². The van der Waals surface area contributed by atoms with Crippen LogP contribution in [0.25, 0.3) is 0 Å². The molecule has 8 heteroatoms. The minimum atomic E-state index is -0.194. The number of aromatic nitrogens is 3. The summed E-state index contributed by atoms with van der Waals surface area (Å²) in [7, 11) is 0. The number of amides is 1. The first-order chi connectivity index (χ1) is 10.3. The first-order valence-corrected chi connectivity index (χ1v) is 8.44. The first kappa shape index (κ1) is 16.8. The monoisotopic (exact) mass is 383 g/mol. The third kappa shape index (κ3) is 4.23. The van der Waals surface area contributed by atoms with Crippen LogP contribution in [0.4, 0.5) is 5.69 Å². The van der Waals surface area contributed by atoms with Crippen molar-refractivity contribution in [1.29, 1.82) is 0 Å². The summed E-state index contributed by atoms with van der Waals surface area (Å²) < 4.78 is 2.41. The normalized spacial score (nSPS) is 11.5. The third-order valence-corrected chi connectivity index (χ3v) is 4.27. The van der Waals surface area contributed by atoms with Crippen LogP contribution in [-0.2, 0) is 10.2 Å². The number of nitrogens with one attached hydrogen (secondary N) is 1. The van der Waals surface area contributed by atoms with E-state index < -0.39 is 0 Å². The van der Waals surface area contributed by atoms with Crippen LogP contribution in [0, 0.1) is 0 Å². The molecule has 0 bridgehead atoms. The topological polar surface area (TPSA) is 85.8 Å². The van der Waals surface area contributed by atoms with Gasteiger partial charge >= 0.3 is 0 Å². The van der Waals surface area contributed by atoms with Crippen LogP contribution in [0.15, 0.2) is 33.9 Å². The van der Waals surface area contributed by atoms with Crippen molar-refractivity contribution in [3.63, 3.8) is 0 Å². The summed E-state index contributed by atoms with van der Waals surface area (Å²) in [5.41, 5.74) is 0.554. The number of anilines is 1. The molecule has 0 spiro atoms. The summed E-state index contributed by atoms with van der Waals surface area (Å²) in [5, 5.41) is 11.5. The molecule has 0 saturated carbocycles. The average molecular weight is 384 g/mol. The molecule has 0 aliphatic heterocycles. The molecule has 1 heterocycles. The predicted octanol–water partition coefficient (Wildman–Crippen LogP) is 2.78. The molecule has 2 aromatic rings. The number of nitrogens with two attached hydrogens (primary N) is 1. The Bertz CT molecular complexity index is 663. The highest BCUT2D eigenvalue weighted by atomic mass is 79.9. The maximum absolute atomic E-state index is 11.9. The van der Waals surface area contributed by atoms with Gasteiger partial charge in [-0.15, -0.1) is 10.2 Å². The number of nitrogen functional groups attached to an aromatic ring is 1. The van der Waals surface area contributed by atoms with Gasteiger partial charge in [-0.2, -0.15) is 0 Å². The SMILES string of the molecule is CC(C)(C)c1nnc(SCC(=O)Nc2ccc(Br)cc2)n1N. The fourth-order valence-electron chi connectivity index (χ4n) is 1.75. The van der Waals surface area contributed by atoms with Crippen LogP contribution in [-0.4, -0.2) is 26.5 Å². The molecule has 1 aromatic heterocycles. The van der Waals surface area contributed by atoms with E-state index in [9.17, 15) is 4.79 Å². The number of rotatable bonds is 4. The van der Waals surface area contributed by atoms with Crippen molar-refractivity contribution in [2.45, 2.75) is 31.3 Å². The van der Waals surface area contributed by atoms with E-state index in [0.717, 1.165) is 10.2 Å². The van der Waals surface area contributed by atoms with E-state index in [-0.39, 0.29) is 17.1 Å². The van der Waals surface area contributed by atoms with E-state index in [4.69, 9.17) is 5.84 Å². The van der Waals surface area contributed by atoms with Crippen molar-refractivity contribution in [3.05, 3.63) is 34.6 Å². The zero-order chi connectivity index (χ0) is 16.3. The molecule has 118 valence electrons. The van der Waals surface area contributed by atoms with Crippen LogP contribution in [0.5, 0.6) is 0 Å². The number of hydrogen-bond donors (Lipinski definition) is 2. The Morgan fingerprint density at radius 3 is 2.50 bits per heavy atom. The molecule has 0 unspecified atom stereocenters. The maximum Gasteiger partial charge on any atom is 0.234 e. The number of nitrogens with zero attached hydrogens (tertiary/aromatic N) is 3. The fourth-order valence-corrected chi connectivity index (χ4v) is 2.67. The molecule has 6 nitrogen and oxygen atoms in total. The molecule has 0 fully saturated rings. The number of hydrogen-bond acceptors (Lipinski definition) is 5. The first-order valence-electron chi connectivity index (χ1n) is 6.66. The number of carbonyl (C=O) groups is 1. The van der Waals surface area contributed by atoms with Gasteiger partial charge in [-0.3, -0.25) is 4.79 Å². The van der Waals surface area contributed by atoms with Gasteiger partial charge in [0, 0.05) is 15.6 Å². The number of benzene rings is 1. The van der Waals surface area contributed by atoms with Crippen LogP contribution in [0.1, 0.15) is 26.6 Å². The van der Waals surface area contributed by atoms with E-state index in [2.05, 4.69) is 31.4 Å². The van der Waals surface area contributed by atoms with Crippen molar-refractivity contribution < 1.29 is 4.79 Å². The smallest absolute Gasteiger partial charge is 0.234 e. The Balaban J connectivity index is 1.94. The maximum atomic E-state index is 11.9. The molecular formula is C14H18BrN5OS. The van der Waals surface area contributed by atoms with Gasteiger partial charge in [0.25, 0.3) is 0 Å². The molecule has 3 N–H and O–H groups in total. The minimum Gasteiger partial charge on any atom is -0.336 e. The van der Waals surface area contributed by atoms with E-state index >= 15 is 0 Å². The minimum absolute atomic E-state index is 0.118. The second kappa shape index (κ2) is 6.70. The van der Waals surface area contributed by atoms with Gasteiger partial charge in [0.1, 0.15) is 0 Å². The summed E-state index contributed by atoms with van der Waals surface area (Å²) in [6, 6.07) is 7.40. The Morgan fingerprint density at radius 2 is 1.95 bits per heavy atom. The van der Waals surface area contributed by atoms with Crippen LogP contribution in [0.3, 0.4) is 0 Å². The number of halogens is 1. The van der Waals surface area contributed by atoms with Crippen LogP contribution < -0.4 is 11.2 Å². The van der Waals surface area contributed by atoms with Gasteiger partial charge < -0.3 is 11.2 Å². The van der Waals surface area contributed by atoms with Crippen molar-refractivity contribution >= 4 is 39.3 Å². The summed E-state index contributed by atoms with van der Waals surface area (Å²) in [6.07, 6.45) is 0. The molecule has 0 atom stereocenters. The van der Waals surface area contributed by atoms with Crippen molar-refractivity contribution in [1.82, 2.24) is 14.9 Å². The standard InChI is InChI=1S/C14H18BrN5OS/c1-14(2,3)12-18-19-13(20(12)16)22-8-11(21)17-10-6-4-9(15)5-7-10/h4-7H,8,16H2,1-3H3,(H,17,21). The fraction of sp³-hybridized carbons (Fsp3) is 0.357. The Hall–Kier alpha value is -1.54. The Labute approximate surface area is 142 Å². The lowest BCUT2D eigenvalue weighted by atomic mass is 9.96. The molecule has 1 aromatic carbocycles. The average Bonchev–Trinajstić information content (AvgIpc) is 2.80. The largest absolute Gasteiger partial charge is 0.336 e. The number of carbonyl (C=O) groups excluding carboxylic acids is 1. The zero-order valence-corrected chi connectivity index (χ0v) is 15.0. The van der Waals surface area contributed by atoms with E-state index in [1.807, 2.05) is 45.0 Å². The van der Waals surface area contributed by atoms with Gasteiger partial charge in [-0.1, -0.05) is 48.5 Å². The summed E-state index contributed by atoms with van der Waals surface area (Å²) in [5.74, 6) is 6.76. The molecule has 1 amide bonds. The molecule has 0 saturated heterocycles. The van der Waals surface area contributed by atoms with Gasteiger partial charge in [-0.05, 0) is 24.3 Å². The molecule has 2 rings (SSSR count). The quantitative estimate of drug-likeness (QED) is 0.626.